The molecule has 0 aliphatic carbocycles. The fraction of sp³-hybridized carbons (Fsp3) is 0.667. The molecule has 0 saturated carbocycles. The summed E-state index contributed by atoms with van der Waals surface area (Å²) in [7, 11) is 0. The molecular weight excluding hydrogens is 449 g/mol. The van der Waals surface area contributed by atoms with Crippen molar-refractivity contribution in [1.29, 1.82) is 0 Å². The van der Waals surface area contributed by atoms with Crippen LogP contribution in [0.3, 0.4) is 0 Å². The molecule has 154 valence electrons. The fourth-order valence-corrected chi connectivity index (χ4v) is 3.23. The Kier molecular flexibility index (Phi) is 11.9. The Morgan fingerprint density at radius 2 is 1.67 bits per heavy atom. The van der Waals surface area contributed by atoms with E-state index in [0.717, 1.165) is 32.1 Å². The molecule has 1 fully saturated rings. The maximum Gasteiger partial charge on any atom is 0.191 e. The van der Waals surface area contributed by atoms with Crippen LogP contribution in [0.15, 0.2) is 29.3 Å². The summed E-state index contributed by atoms with van der Waals surface area (Å²) < 4.78 is 0. The van der Waals surface area contributed by atoms with Gasteiger partial charge in [-0.05, 0) is 26.0 Å². The number of piperazine rings is 1. The average Bonchev–Trinajstić information content (AvgIpc) is 2.67. The molecule has 1 aliphatic heterocycles. The van der Waals surface area contributed by atoms with E-state index in [9.17, 15) is 0 Å². The predicted molar refractivity (Wildman–Crippen MR) is 128 cm³/mol. The molecule has 2 N–H and O–H groups in total. The number of benzene rings is 1. The van der Waals surface area contributed by atoms with Crippen LogP contribution in [0.4, 0.5) is 0 Å². The Morgan fingerprint density at radius 1 is 1.04 bits per heavy atom. The maximum absolute atomic E-state index is 4.79. The maximum atomic E-state index is 4.79. The zero-order chi connectivity index (χ0) is 18.8. The number of hydrogen-bond donors (Lipinski definition) is 2. The first-order chi connectivity index (χ1) is 12.6. The first-order valence-electron chi connectivity index (χ1n) is 10.2. The van der Waals surface area contributed by atoms with Gasteiger partial charge in [-0.2, -0.15) is 0 Å². The highest BCUT2D eigenvalue weighted by atomic mass is 127. The molecular formula is C21H38IN5. The molecule has 1 unspecified atom stereocenters. The van der Waals surface area contributed by atoms with Gasteiger partial charge in [0.05, 0.1) is 0 Å². The normalized spacial score (nSPS) is 17.3. The van der Waals surface area contributed by atoms with E-state index in [1.807, 2.05) is 0 Å². The lowest BCUT2D eigenvalue weighted by Crippen LogP contribution is -2.49. The van der Waals surface area contributed by atoms with Gasteiger partial charge in [0.25, 0.3) is 0 Å². The summed E-state index contributed by atoms with van der Waals surface area (Å²) in [5, 5.41) is 6.86. The Bertz CT molecular complexity index is 538. The minimum Gasteiger partial charge on any atom is -0.357 e. The Balaban J connectivity index is 0.00000364. The van der Waals surface area contributed by atoms with Gasteiger partial charge in [-0.25, -0.2) is 0 Å². The first-order valence-corrected chi connectivity index (χ1v) is 10.2. The van der Waals surface area contributed by atoms with Crippen LogP contribution in [0.2, 0.25) is 0 Å². The number of guanidine groups is 1. The highest BCUT2D eigenvalue weighted by Crippen LogP contribution is 2.15. The molecule has 27 heavy (non-hydrogen) atoms. The van der Waals surface area contributed by atoms with Gasteiger partial charge in [-0.15, -0.1) is 24.0 Å². The third kappa shape index (κ3) is 8.79. The van der Waals surface area contributed by atoms with Gasteiger partial charge in [0.15, 0.2) is 5.96 Å². The molecule has 1 aromatic carbocycles. The molecule has 1 aliphatic rings. The molecule has 0 amide bonds. The smallest absolute Gasteiger partial charge is 0.191 e. The number of aliphatic imine (C=N–C) groups is 1. The highest BCUT2D eigenvalue weighted by Gasteiger charge is 2.14. The van der Waals surface area contributed by atoms with E-state index in [1.165, 1.54) is 43.9 Å². The van der Waals surface area contributed by atoms with Crippen LogP contribution < -0.4 is 10.6 Å². The molecule has 0 spiro atoms. The van der Waals surface area contributed by atoms with Gasteiger partial charge in [0, 0.05) is 58.3 Å². The predicted octanol–water partition coefficient (Wildman–Crippen LogP) is 2.91. The summed E-state index contributed by atoms with van der Waals surface area (Å²) in [6, 6.07) is 8.78. The highest BCUT2D eigenvalue weighted by molar-refractivity contribution is 14.0. The van der Waals surface area contributed by atoms with Gasteiger partial charge in [-0.3, -0.25) is 9.89 Å². The molecule has 1 saturated heterocycles. The molecule has 0 radical (unpaired) electrons. The number of nitrogens with zero attached hydrogens (tertiary/aromatic N) is 3. The minimum absolute atomic E-state index is 0. The van der Waals surface area contributed by atoms with Crippen LogP contribution in [0.5, 0.6) is 0 Å². The van der Waals surface area contributed by atoms with E-state index < -0.39 is 0 Å². The van der Waals surface area contributed by atoms with Crippen LogP contribution >= 0.6 is 24.0 Å². The van der Waals surface area contributed by atoms with Gasteiger partial charge in [0.2, 0.25) is 0 Å². The number of aryl methyl sites for hydroxylation is 1. The molecule has 1 heterocycles. The molecule has 2 rings (SSSR count). The topological polar surface area (TPSA) is 42.9 Å². The second-order valence-electron chi connectivity index (χ2n) is 7.23. The molecule has 0 bridgehead atoms. The van der Waals surface area contributed by atoms with E-state index in [2.05, 4.69) is 72.4 Å². The second-order valence-corrected chi connectivity index (χ2v) is 7.23. The Morgan fingerprint density at radius 3 is 2.26 bits per heavy atom. The molecule has 1 atom stereocenters. The Hall–Kier alpha value is -0.860. The van der Waals surface area contributed by atoms with Crippen LogP contribution in [0.1, 0.15) is 37.8 Å². The largest absolute Gasteiger partial charge is 0.357 e. The quantitative estimate of drug-likeness (QED) is 0.336. The zero-order valence-electron chi connectivity index (χ0n) is 17.5. The molecule has 6 heteroatoms. The summed E-state index contributed by atoms with van der Waals surface area (Å²) in [6.07, 6.45) is 0. The number of halogens is 1. The number of hydrogen-bond acceptors (Lipinski definition) is 3. The third-order valence-corrected chi connectivity index (χ3v) is 5.15. The van der Waals surface area contributed by atoms with Gasteiger partial charge >= 0.3 is 0 Å². The van der Waals surface area contributed by atoms with E-state index in [4.69, 9.17) is 4.99 Å². The number of likely N-dealkylation sites (N-methyl/N-ethyl adjacent to an activating group) is 1. The summed E-state index contributed by atoms with van der Waals surface area (Å²) in [5.74, 6) is 1.35. The van der Waals surface area contributed by atoms with Gasteiger partial charge in [0.1, 0.15) is 0 Å². The van der Waals surface area contributed by atoms with Crippen molar-refractivity contribution in [2.45, 2.75) is 33.6 Å². The van der Waals surface area contributed by atoms with Crippen LogP contribution in [-0.4, -0.2) is 74.7 Å². The molecule has 5 nitrogen and oxygen atoms in total. The van der Waals surface area contributed by atoms with Crippen LogP contribution in [-0.2, 0) is 0 Å². The zero-order valence-corrected chi connectivity index (χ0v) is 19.8. The Labute approximate surface area is 183 Å². The lowest BCUT2D eigenvalue weighted by atomic mass is 10.0. The van der Waals surface area contributed by atoms with Gasteiger partial charge in [-0.1, -0.05) is 43.7 Å². The summed E-state index contributed by atoms with van der Waals surface area (Å²) in [4.78, 5) is 9.84. The van der Waals surface area contributed by atoms with Crippen molar-refractivity contribution in [1.82, 2.24) is 20.4 Å². The molecule has 1 aromatic rings. The van der Waals surface area contributed by atoms with Crippen molar-refractivity contribution in [3.05, 3.63) is 35.4 Å². The lowest BCUT2D eigenvalue weighted by Gasteiger charge is -2.34. The fourth-order valence-electron chi connectivity index (χ4n) is 3.23. The van der Waals surface area contributed by atoms with E-state index in [0.29, 0.717) is 5.92 Å². The minimum atomic E-state index is 0. The average molecular weight is 487 g/mol. The van der Waals surface area contributed by atoms with Gasteiger partial charge < -0.3 is 15.5 Å². The summed E-state index contributed by atoms with van der Waals surface area (Å²) in [6.45, 7) is 18.3. The van der Waals surface area contributed by atoms with Crippen molar-refractivity contribution in [3.63, 3.8) is 0 Å². The van der Waals surface area contributed by atoms with Crippen molar-refractivity contribution < 1.29 is 0 Å². The third-order valence-electron chi connectivity index (χ3n) is 5.15. The van der Waals surface area contributed by atoms with Crippen LogP contribution in [0, 0.1) is 6.92 Å². The van der Waals surface area contributed by atoms with Crippen LogP contribution in [0.25, 0.3) is 0 Å². The van der Waals surface area contributed by atoms with E-state index in [-0.39, 0.29) is 24.0 Å². The first kappa shape index (κ1) is 24.2. The van der Waals surface area contributed by atoms with E-state index >= 15 is 0 Å². The second kappa shape index (κ2) is 13.3. The monoisotopic (exact) mass is 487 g/mol. The van der Waals surface area contributed by atoms with Crippen molar-refractivity contribution in [3.8, 4) is 0 Å². The molecule has 0 aromatic heterocycles. The standard InChI is InChI=1S/C21H37N5.HI/c1-5-22-21(23-11-12-26-15-13-25(6-2)14-16-26)24-17-19(4)20-9-7-18(3)8-10-20;/h7-10,19H,5-6,11-17H2,1-4H3,(H2,22,23,24);1H. The van der Waals surface area contributed by atoms with E-state index in [1.54, 1.807) is 0 Å². The lowest BCUT2D eigenvalue weighted by molar-refractivity contribution is 0.139. The summed E-state index contributed by atoms with van der Waals surface area (Å²) in [5.41, 5.74) is 2.66. The number of nitrogens with one attached hydrogen (secondary N) is 2. The van der Waals surface area contributed by atoms with Crippen molar-refractivity contribution in [2.24, 2.45) is 4.99 Å². The van der Waals surface area contributed by atoms with Crippen molar-refractivity contribution in [2.75, 3.05) is 58.9 Å². The SMILES string of the molecule is CCNC(=NCC(C)c1ccc(C)cc1)NCCN1CCN(CC)CC1.I. The summed E-state index contributed by atoms with van der Waals surface area (Å²) >= 11 is 0. The van der Waals surface area contributed by atoms with Crippen molar-refractivity contribution >= 4 is 29.9 Å². The number of rotatable bonds is 8.